The van der Waals surface area contributed by atoms with Gasteiger partial charge in [-0.05, 0) is 48.5 Å². The van der Waals surface area contributed by atoms with Gasteiger partial charge >= 0.3 is 0 Å². The van der Waals surface area contributed by atoms with Gasteiger partial charge in [0.1, 0.15) is 17.2 Å². The molecule has 3 rings (SSSR count). The van der Waals surface area contributed by atoms with E-state index in [1.165, 1.54) is 0 Å². The van der Waals surface area contributed by atoms with Gasteiger partial charge in [-0.2, -0.15) is 0 Å². The molecule has 0 fully saturated rings. The molecule has 0 saturated carbocycles. The number of anilines is 1. The highest BCUT2D eigenvalue weighted by Gasteiger charge is 2.10. The zero-order valence-electron chi connectivity index (χ0n) is 13.6. The van der Waals surface area contributed by atoms with Gasteiger partial charge in [-0.25, -0.2) is 0 Å². The molecule has 4 nitrogen and oxygen atoms in total. The Bertz CT molecular complexity index is 863. The Balaban J connectivity index is 1.54. The van der Waals surface area contributed by atoms with Gasteiger partial charge in [-0.1, -0.05) is 47.5 Å². The van der Waals surface area contributed by atoms with Gasteiger partial charge < -0.3 is 14.8 Å². The predicted molar refractivity (Wildman–Crippen MR) is 104 cm³/mol. The van der Waals surface area contributed by atoms with Crippen LogP contribution in [0.1, 0.15) is 0 Å². The first-order chi connectivity index (χ1) is 12.6. The van der Waals surface area contributed by atoms with Crippen LogP contribution in [0.4, 0.5) is 5.69 Å². The van der Waals surface area contributed by atoms with Gasteiger partial charge in [0.25, 0.3) is 5.91 Å². The minimum absolute atomic E-state index is 0.166. The number of rotatable bonds is 6. The minimum atomic E-state index is -0.357. The van der Waals surface area contributed by atoms with E-state index in [4.69, 9.17) is 32.7 Å². The normalized spacial score (nSPS) is 10.2. The van der Waals surface area contributed by atoms with Crippen LogP contribution in [0.15, 0.2) is 72.8 Å². The summed E-state index contributed by atoms with van der Waals surface area (Å²) in [6.07, 6.45) is 0. The fourth-order valence-electron chi connectivity index (χ4n) is 2.17. The van der Waals surface area contributed by atoms with Crippen LogP contribution in [0.3, 0.4) is 0 Å². The maximum Gasteiger partial charge on any atom is 0.262 e. The molecule has 1 N–H and O–H groups in total. The fraction of sp³-hybridized carbons (Fsp3) is 0.0500. The third-order valence-corrected chi connectivity index (χ3v) is 4.03. The third-order valence-electron chi connectivity index (χ3n) is 3.40. The molecule has 0 aliphatic carbocycles. The summed E-state index contributed by atoms with van der Waals surface area (Å²) < 4.78 is 11.2. The van der Waals surface area contributed by atoms with Crippen LogP contribution in [0.25, 0.3) is 0 Å². The molecule has 0 bridgehead atoms. The Hall–Kier alpha value is -2.69. The van der Waals surface area contributed by atoms with Crippen molar-refractivity contribution in [1.82, 2.24) is 0 Å². The van der Waals surface area contributed by atoms with E-state index in [2.05, 4.69) is 5.32 Å². The summed E-state index contributed by atoms with van der Waals surface area (Å²) in [5.41, 5.74) is 0.371. The van der Waals surface area contributed by atoms with Gasteiger partial charge in [-0.3, -0.25) is 4.79 Å². The van der Waals surface area contributed by atoms with Crippen molar-refractivity contribution in [3.8, 4) is 17.2 Å². The summed E-state index contributed by atoms with van der Waals surface area (Å²) >= 11 is 12.0. The van der Waals surface area contributed by atoms with Crippen LogP contribution in [-0.2, 0) is 4.79 Å². The van der Waals surface area contributed by atoms with Crippen LogP contribution in [0, 0.1) is 0 Å². The van der Waals surface area contributed by atoms with Crippen molar-refractivity contribution in [2.45, 2.75) is 0 Å². The number of carbonyl (C=O) groups excluding carboxylic acids is 1. The largest absolute Gasteiger partial charge is 0.484 e. The first-order valence-electron chi connectivity index (χ1n) is 7.81. The minimum Gasteiger partial charge on any atom is -0.484 e. The smallest absolute Gasteiger partial charge is 0.262 e. The van der Waals surface area contributed by atoms with E-state index < -0.39 is 0 Å². The number of amides is 1. The number of ether oxygens (including phenoxy) is 2. The molecule has 6 heteroatoms. The van der Waals surface area contributed by atoms with E-state index >= 15 is 0 Å². The maximum absolute atomic E-state index is 12.0. The summed E-state index contributed by atoms with van der Waals surface area (Å²) in [4.78, 5) is 12.0. The third kappa shape index (κ3) is 4.91. The molecule has 0 atom stereocenters. The van der Waals surface area contributed by atoms with Crippen molar-refractivity contribution in [2.75, 3.05) is 11.9 Å². The molecule has 0 saturated heterocycles. The Morgan fingerprint density at radius 1 is 0.769 bits per heavy atom. The van der Waals surface area contributed by atoms with Crippen molar-refractivity contribution in [1.29, 1.82) is 0 Å². The van der Waals surface area contributed by atoms with Crippen LogP contribution < -0.4 is 14.8 Å². The molecule has 0 unspecified atom stereocenters. The fourth-order valence-corrected chi connectivity index (χ4v) is 2.66. The molecule has 3 aromatic carbocycles. The van der Waals surface area contributed by atoms with Gasteiger partial charge in [0.2, 0.25) is 0 Å². The summed E-state index contributed by atoms with van der Waals surface area (Å²) in [5.74, 6) is 1.61. The SMILES string of the molecule is O=C(COc1ccc(Oc2ccccc2)cc1)Nc1c(Cl)cccc1Cl. The molecule has 0 spiro atoms. The number of nitrogens with one attached hydrogen (secondary N) is 1. The average molecular weight is 388 g/mol. The number of hydrogen-bond acceptors (Lipinski definition) is 3. The van der Waals surface area contributed by atoms with Crippen molar-refractivity contribution < 1.29 is 14.3 Å². The Morgan fingerprint density at radius 2 is 1.35 bits per heavy atom. The Kier molecular flexibility index (Phi) is 6.00. The molecule has 26 heavy (non-hydrogen) atoms. The van der Waals surface area contributed by atoms with Gasteiger partial charge in [-0.15, -0.1) is 0 Å². The van der Waals surface area contributed by atoms with Gasteiger partial charge in [0.05, 0.1) is 15.7 Å². The molecule has 132 valence electrons. The van der Waals surface area contributed by atoms with Crippen molar-refractivity contribution >= 4 is 34.8 Å². The van der Waals surface area contributed by atoms with Crippen LogP contribution in [-0.4, -0.2) is 12.5 Å². The van der Waals surface area contributed by atoms with Crippen LogP contribution >= 0.6 is 23.2 Å². The summed E-state index contributed by atoms with van der Waals surface area (Å²) in [6.45, 7) is -0.166. The number of carbonyl (C=O) groups is 1. The summed E-state index contributed by atoms with van der Waals surface area (Å²) in [6, 6.07) is 21.5. The Morgan fingerprint density at radius 3 is 2.00 bits per heavy atom. The molecule has 3 aromatic rings. The number of halogens is 2. The number of para-hydroxylation sites is 2. The lowest BCUT2D eigenvalue weighted by Crippen LogP contribution is -2.20. The molecule has 1 amide bonds. The van der Waals surface area contributed by atoms with E-state index in [9.17, 15) is 4.79 Å². The van der Waals surface area contributed by atoms with E-state index in [-0.39, 0.29) is 12.5 Å². The summed E-state index contributed by atoms with van der Waals surface area (Å²) in [5, 5.41) is 3.38. The molecular formula is C20H15Cl2NO3. The zero-order valence-corrected chi connectivity index (χ0v) is 15.1. The van der Waals surface area contributed by atoms with Gasteiger partial charge in [0, 0.05) is 0 Å². The first kappa shape index (κ1) is 18.1. The van der Waals surface area contributed by atoms with Crippen molar-refractivity contribution in [3.63, 3.8) is 0 Å². The predicted octanol–water partition coefficient (Wildman–Crippen LogP) is 5.80. The van der Waals surface area contributed by atoms with Crippen LogP contribution in [0.2, 0.25) is 10.0 Å². The second-order valence-corrected chi connectivity index (χ2v) is 6.13. The molecule has 0 aromatic heterocycles. The quantitative estimate of drug-likeness (QED) is 0.580. The average Bonchev–Trinajstić information content (AvgIpc) is 2.65. The van der Waals surface area contributed by atoms with E-state index in [0.29, 0.717) is 27.2 Å². The maximum atomic E-state index is 12.0. The number of benzene rings is 3. The molecule has 0 heterocycles. The molecule has 0 aliphatic heterocycles. The summed E-state index contributed by atoms with van der Waals surface area (Å²) in [7, 11) is 0. The lowest BCUT2D eigenvalue weighted by Gasteiger charge is -2.11. The molecule has 0 radical (unpaired) electrons. The standard InChI is InChI=1S/C20H15Cl2NO3/c21-17-7-4-8-18(22)20(17)23-19(24)13-25-14-9-11-16(12-10-14)26-15-5-2-1-3-6-15/h1-12H,13H2,(H,23,24). The monoisotopic (exact) mass is 387 g/mol. The highest BCUT2D eigenvalue weighted by molar-refractivity contribution is 6.39. The first-order valence-corrected chi connectivity index (χ1v) is 8.57. The second-order valence-electron chi connectivity index (χ2n) is 5.32. The van der Waals surface area contributed by atoms with E-state index in [0.717, 1.165) is 5.75 Å². The molecule has 0 aliphatic rings. The number of hydrogen-bond donors (Lipinski definition) is 1. The Labute approximate surface area is 161 Å². The van der Waals surface area contributed by atoms with Crippen molar-refractivity contribution in [3.05, 3.63) is 82.8 Å². The van der Waals surface area contributed by atoms with E-state index in [1.54, 1.807) is 42.5 Å². The molecular weight excluding hydrogens is 373 g/mol. The topological polar surface area (TPSA) is 47.6 Å². The second kappa shape index (κ2) is 8.61. The highest BCUT2D eigenvalue weighted by Crippen LogP contribution is 2.29. The lowest BCUT2D eigenvalue weighted by atomic mass is 10.3. The zero-order chi connectivity index (χ0) is 18.4. The van der Waals surface area contributed by atoms with E-state index in [1.807, 2.05) is 30.3 Å². The lowest BCUT2D eigenvalue weighted by molar-refractivity contribution is -0.118. The van der Waals surface area contributed by atoms with Crippen LogP contribution in [0.5, 0.6) is 17.2 Å². The van der Waals surface area contributed by atoms with Gasteiger partial charge in [0.15, 0.2) is 6.61 Å². The van der Waals surface area contributed by atoms with Crippen molar-refractivity contribution in [2.24, 2.45) is 0 Å². The highest BCUT2D eigenvalue weighted by atomic mass is 35.5.